The number of anilines is 1. The van der Waals surface area contributed by atoms with Crippen LogP contribution in [-0.2, 0) is 4.79 Å². The number of pyridine rings is 1. The smallest absolute Gasteiger partial charge is 0.407 e. The predicted molar refractivity (Wildman–Crippen MR) is 133 cm³/mol. The molecule has 0 unspecified atom stereocenters. The van der Waals surface area contributed by atoms with Gasteiger partial charge in [0.25, 0.3) is 0 Å². The van der Waals surface area contributed by atoms with Crippen LogP contribution in [0.3, 0.4) is 0 Å². The molecular formula is C25H30ClN5O4. The largest absolute Gasteiger partial charge is 0.465 e. The average molecular weight is 500 g/mol. The number of likely N-dealkylation sites (N-methyl/N-ethyl adjacent to an activating group) is 1. The number of amides is 3. The number of aromatic nitrogens is 1. The van der Waals surface area contributed by atoms with E-state index in [1.165, 1.54) is 11.1 Å². The second-order valence-electron chi connectivity index (χ2n) is 9.07. The van der Waals surface area contributed by atoms with Crippen molar-refractivity contribution >= 4 is 35.3 Å². The van der Waals surface area contributed by atoms with Crippen LogP contribution < -0.4 is 10.6 Å². The summed E-state index contributed by atoms with van der Waals surface area (Å²) in [5.74, 6) is 0.0780. The molecule has 35 heavy (non-hydrogen) atoms. The number of rotatable bonds is 6. The van der Waals surface area contributed by atoms with E-state index in [-0.39, 0.29) is 23.8 Å². The molecule has 2 aliphatic heterocycles. The van der Waals surface area contributed by atoms with Gasteiger partial charge in [-0.05, 0) is 49.6 Å². The molecule has 2 aromatic rings. The lowest BCUT2D eigenvalue weighted by Gasteiger charge is -2.34. The van der Waals surface area contributed by atoms with Crippen molar-refractivity contribution in [1.82, 2.24) is 14.8 Å². The Kier molecular flexibility index (Phi) is 7.45. The van der Waals surface area contributed by atoms with E-state index >= 15 is 0 Å². The Morgan fingerprint density at radius 1 is 1.11 bits per heavy atom. The lowest BCUT2D eigenvalue weighted by atomic mass is 9.93. The van der Waals surface area contributed by atoms with Crippen molar-refractivity contribution < 1.29 is 19.5 Å². The van der Waals surface area contributed by atoms with E-state index < -0.39 is 12.0 Å². The summed E-state index contributed by atoms with van der Waals surface area (Å²) in [6.45, 7) is 4.37. The first-order valence-electron chi connectivity index (χ1n) is 11.8. The highest BCUT2D eigenvalue weighted by atomic mass is 35.5. The molecule has 9 nitrogen and oxygen atoms in total. The van der Waals surface area contributed by atoms with Crippen molar-refractivity contribution in [2.45, 2.75) is 31.7 Å². The standard InChI is InChI=1S/C25H30ClN5O4/c1-2-31(25(34)35)21-15-30(14-20(21)16-3-6-19(26)7-4-16)24(33)17-9-11-29(12-10-17)22-8-5-18(13-28-22)23(27)32/h3-8,13,17,20-21H,2,9-12,14-15H2,1H3,(H2,27,32)(H,34,35)/t20-,21+/m0/s1. The fraction of sp³-hybridized carbons (Fsp3) is 0.440. The second-order valence-corrected chi connectivity index (χ2v) is 9.50. The molecule has 186 valence electrons. The molecule has 1 aromatic heterocycles. The molecule has 0 spiro atoms. The fourth-order valence-electron chi connectivity index (χ4n) is 5.16. The summed E-state index contributed by atoms with van der Waals surface area (Å²) in [6.07, 6.45) is 1.86. The summed E-state index contributed by atoms with van der Waals surface area (Å²) < 4.78 is 0. The number of primary amides is 1. The van der Waals surface area contributed by atoms with Gasteiger partial charge in [0, 0.05) is 55.8 Å². The van der Waals surface area contributed by atoms with Gasteiger partial charge in [0.05, 0.1) is 11.6 Å². The first kappa shape index (κ1) is 24.8. The number of nitrogens with two attached hydrogens (primary N) is 1. The van der Waals surface area contributed by atoms with Gasteiger partial charge >= 0.3 is 6.09 Å². The third-order valence-corrected chi connectivity index (χ3v) is 7.34. The van der Waals surface area contributed by atoms with Crippen LogP contribution >= 0.6 is 11.6 Å². The van der Waals surface area contributed by atoms with Crippen LogP contribution in [0, 0.1) is 5.92 Å². The lowest BCUT2D eigenvalue weighted by Crippen LogP contribution is -2.45. The number of piperidine rings is 1. The predicted octanol–water partition coefficient (Wildman–Crippen LogP) is 3.04. The maximum Gasteiger partial charge on any atom is 0.407 e. The summed E-state index contributed by atoms with van der Waals surface area (Å²) in [6, 6.07) is 10.6. The summed E-state index contributed by atoms with van der Waals surface area (Å²) in [5.41, 5.74) is 6.63. The molecule has 2 atom stereocenters. The molecule has 2 fully saturated rings. The zero-order chi connectivity index (χ0) is 25.1. The number of hydrogen-bond donors (Lipinski definition) is 2. The topological polar surface area (TPSA) is 120 Å². The van der Waals surface area contributed by atoms with Crippen LogP contribution in [0.15, 0.2) is 42.6 Å². The van der Waals surface area contributed by atoms with Crippen LogP contribution in [-0.4, -0.2) is 76.6 Å². The molecule has 10 heteroatoms. The Bertz CT molecular complexity index is 1070. The van der Waals surface area contributed by atoms with Crippen LogP contribution in [0.2, 0.25) is 5.02 Å². The number of benzene rings is 1. The molecule has 0 bridgehead atoms. The Morgan fingerprint density at radius 2 is 1.80 bits per heavy atom. The van der Waals surface area contributed by atoms with E-state index in [1.54, 1.807) is 24.3 Å². The second kappa shape index (κ2) is 10.5. The van der Waals surface area contributed by atoms with Crippen molar-refractivity contribution in [2.24, 2.45) is 11.7 Å². The lowest BCUT2D eigenvalue weighted by molar-refractivity contribution is -0.135. The molecule has 0 aliphatic carbocycles. The van der Waals surface area contributed by atoms with E-state index in [9.17, 15) is 19.5 Å². The monoisotopic (exact) mass is 499 g/mol. The molecule has 2 aliphatic rings. The van der Waals surface area contributed by atoms with Crippen LogP contribution in [0.5, 0.6) is 0 Å². The number of carbonyl (C=O) groups excluding carboxylic acids is 2. The van der Waals surface area contributed by atoms with Crippen molar-refractivity contribution in [2.75, 3.05) is 37.6 Å². The Labute approximate surface area is 209 Å². The number of likely N-dealkylation sites (tertiary alicyclic amines) is 1. The third kappa shape index (κ3) is 5.35. The number of carbonyl (C=O) groups is 3. The number of halogens is 1. The number of carboxylic acid groups (broad SMARTS) is 1. The quantitative estimate of drug-likeness (QED) is 0.630. The van der Waals surface area contributed by atoms with E-state index in [1.807, 2.05) is 24.0 Å². The number of hydrogen-bond acceptors (Lipinski definition) is 5. The molecule has 3 heterocycles. The summed E-state index contributed by atoms with van der Waals surface area (Å²) >= 11 is 6.06. The maximum absolute atomic E-state index is 13.5. The minimum absolute atomic E-state index is 0.0737. The highest BCUT2D eigenvalue weighted by molar-refractivity contribution is 6.30. The first-order valence-corrected chi connectivity index (χ1v) is 12.2. The van der Waals surface area contributed by atoms with Crippen molar-refractivity contribution in [3.63, 3.8) is 0 Å². The average Bonchev–Trinajstić information content (AvgIpc) is 3.29. The van der Waals surface area contributed by atoms with E-state index in [2.05, 4.69) is 9.88 Å². The Hall–Kier alpha value is -3.33. The van der Waals surface area contributed by atoms with Gasteiger partial charge in [-0.1, -0.05) is 23.7 Å². The molecule has 0 radical (unpaired) electrons. The van der Waals surface area contributed by atoms with E-state index in [0.717, 1.165) is 11.4 Å². The summed E-state index contributed by atoms with van der Waals surface area (Å²) in [4.78, 5) is 46.4. The SMILES string of the molecule is CCN(C(=O)O)[C@@H]1CN(C(=O)C2CCN(c3ccc(C(N)=O)cn3)CC2)C[C@H]1c1ccc(Cl)cc1. The van der Waals surface area contributed by atoms with Crippen molar-refractivity contribution in [1.29, 1.82) is 0 Å². The Morgan fingerprint density at radius 3 is 2.34 bits per heavy atom. The molecule has 1 aromatic carbocycles. The van der Waals surface area contributed by atoms with E-state index in [4.69, 9.17) is 17.3 Å². The zero-order valence-electron chi connectivity index (χ0n) is 19.6. The van der Waals surface area contributed by atoms with Gasteiger partial charge in [0.1, 0.15) is 5.82 Å². The molecule has 2 saturated heterocycles. The van der Waals surface area contributed by atoms with Crippen LogP contribution in [0.1, 0.15) is 41.6 Å². The molecular weight excluding hydrogens is 470 g/mol. The van der Waals surface area contributed by atoms with Crippen molar-refractivity contribution in [3.8, 4) is 0 Å². The Balaban J connectivity index is 1.43. The van der Waals surface area contributed by atoms with Gasteiger partial charge in [-0.2, -0.15) is 0 Å². The normalized spacial score (nSPS) is 20.6. The van der Waals surface area contributed by atoms with Crippen LogP contribution in [0.25, 0.3) is 0 Å². The minimum atomic E-state index is -0.978. The van der Waals surface area contributed by atoms with Crippen molar-refractivity contribution in [3.05, 3.63) is 58.7 Å². The van der Waals surface area contributed by atoms with E-state index in [0.29, 0.717) is 56.2 Å². The van der Waals surface area contributed by atoms with Gasteiger partial charge < -0.3 is 25.5 Å². The molecule has 4 rings (SSSR count). The maximum atomic E-state index is 13.5. The summed E-state index contributed by atoms with van der Waals surface area (Å²) in [5, 5.41) is 10.4. The van der Waals surface area contributed by atoms with Gasteiger partial charge in [-0.25, -0.2) is 9.78 Å². The van der Waals surface area contributed by atoms with Crippen LogP contribution in [0.4, 0.5) is 10.6 Å². The molecule has 3 N–H and O–H groups in total. The highest BCUT2D eigenvalue weighted by Crippen LogP contribution is 2.34. The summed E-state index contributed by atoms with van der Waals surface area (Å²) in [7, 11) is 0. The third-order valence-electron chi connectivity index (χ3n) is 7.09. The van der Waals surface area contributed by atoms with Gasteiger partial charge in [0.15, 0.2) is 0 Å². The zero-order valence-corrected chi connectivity index (χ0v) is 20.4. The number of nitrogens with zero attached hydrogens (tertiary/aromatic N) is 4. The highest BCUT2D eigenvalue weighted by Gasteiger charge is 2.42. The first-order chi connectivity index (χ1) is 16.8. The molecule has 0 saturated carbocycles. The van der Waals surface area contributed by atoms with Gasteiger partial charge in [0.2, 0.25) is 11.8 Å². The fourth-order valence-corrected chi connectivity index (χ4v) is 5.29. The van der Waals surface area contributed by atoms with Gasteiger partial charge in [-0.15, -0.1) is 0 Å². The van der Waals surface area contributed by atoms with Gasteiger partial charge in [-0.3, -0.25) is 9.59 Å². The minimum Gasteiger partial charge on any atom is -0.465 e. The molecule has 3 amide bonds.